The molecule has 37 heavy (non-hydrogen) atoms. The summed E-state index contributed by atoms with van der Waals surface area (Å²) in [4.78, 5) is 30.6. The molecule has 194 valence electrons. The molecule has 0 unspecified atom stereocenters. The number of methoxy groups -OCH3 is 2. The third-order valence-corrected chi connectivity index (χ3v) is 7.37. The van der Waals surface area contributed by atoms with Gasteiger partial charge in [-0.05, 0) is 24.5 Å². The van der Waals surface area contributed by atoms with Crippen molar-refractivity contribution in [1.82, 2.24) is 20.2 Å². The van der Waals surface area contributed by atoms with Gasteiger partial charge in [-0.15, -0.1) is 0 Å². The summed E-state index contributed by atoms with van der Waals surface area (Å²) >= 11 is 0. The second kappa shape index (κ2) is 10.1. The van der Waals surface area contributed by atoms with Crippen molar-refractivity contribution in [3.8, 4) is 11.5 Å². The highest BCUT2D eigenvalue weighted by Gasteiger charge is 2.39. The highest BCUT2D eigenvalue weighted by atomic mass is 16.5. The number of aliphatic imine (C=N–C) groups is 1. The van der Waals surface area contributed by atoms with Gasteiger partial charge in [-0.25, -0.2) is 4.98 Å². The molecule has 5 rings (SSSR count). The van der Waals surface area contributed by atoms with E-state index in [0.717, 1.165) is 19.4 Å². The van der Waals surface area contributed by atoms with Gasteiger partial charge in [0.1, 0.15) is 5.82 Å². The zero-order chi connectivity index (χ0) is 26.0. The number of carbonyl (C=O) groups is 1. The highest BCUT2D eigenvalue weighted by Crippen LogP contribution is 2.38. The van der Waals surface area contributed by atoms with E-state index < -0.39 is 0 Å². The van der Waals surface area contributed by atoms with Crippen molar-refractivity contribution in [2.45, 2.75) is 18.3 Å². The fraction of sp³-hybridized carbons (Fsp3) is 0.407. The van der Waals surface area contributed by atoms with Crippen molar-refractivity contribution >= 4 is 34.4 Å². The number of likely N-dealkylation sites (tertiary alicyclic amines) is 1. The number of rotatable bonds is 7. The number of piperidine rings is 1. The minimum Gasteiger partial charge on any atom is -0.493 e. The third-order valence-electron chi connectivity index (χ3n) is 7.37. The van der Waals surface area contributed by atoms with E-state index in [9.17, 15) is 4.79 Å². The van der Waals surface area contributed by atoms with Crippen LogP contribution in [0, 0.1) is 0 Å². The number of fused-ring (bicyclic) bond motifs is 1. The number of ether oxygens (including phenoxy) is 2. The average molecular weight is 504 g/mol. The van der Waals surface area contributed by atoms with E-state index in [1.807, 2.05) is 24.1 Å². The summed E-state index contributed by atoms with van der Waals surface area (Å²) in [6, 6.07) is 14.1. The van der Waals surface area contributed by atoms with Crippen LogP contribution in [0.5, 0.6) is 11.5 Å². The van der Waals surface area contributed by atoms with Gasteiger partial charge in [0.2, 0.25) is 5.95 Å². The fourth-order valence-corrected chi connectivity index (χ4v) is 5.32. The summed E-state index contributed by atoms with van der Waals surface area (Å²) in [6.07, 6.45) is 1.63. The number of benzene rings is 2. The summed E-state index contributed by atoms with van der Waals surface area (Å²) in [5.41, 5.74) is 8.11. The number of anilines is 2. The number of nitrogens with two attached hydrogens (primary N) is 1. The van der Waals surface area contributed by atoms with Crippen molar-refractivity contribution in [2.75, 3.05) is 64.6 Å². The van der Waals surface area contributed by atoms with Gasteiger partial charge in [-0.2, -0.15) is 4.98 Å². The van der Waals surface area contributed by atoms with E-state index in [0.29, 0.717) is 66.2 Å². The second-order valence-corrected chi connectivity index (χ2v) is 9.58. The Morgan fingerprint density at radius 1 is 1.11 bits per heavy atom. The SMILES string of the molecule is COc1cc2nc(N(C)CC3(c4ccccc4)CCN(C(=O)C4=NCCN4)CC3)nc(N)c2cc1OC. The van der Waals surface area contributed by atoms with Crippen molar-refractivity contribution in [3.63, 3.8) is 0 Å². The average Bonchev–Trinajstić information content (AvgIpc) is 3.48. The first-order chi connectivity index (χ1) is 17.9. The number of likely N-dealkylation sites (N-methyl/N-ethyl adjacent to an activating group) is 1. The Morgan fingerprint density at radius 2 is 1.81 bits per heavy atom. The van der Waals surface area contributed by atoms with Crippen LogP contribution in [0.15, 0.2) is 47.5 Å². The molecule has 10 nitrogen and oxygen atoms in total. The number of hydrogen-bond donors (Lipinski definition) is 2. The molecule has 10 heteroatoms. The Morgan fingerprint density at radius 3 is 2.46 bits per heavy atom. The quantitative estimate of drug-likeness (QED) is 0.504. The monoisotopic (exact) mass is 503 g/mol. The van der Waals surface area contributed by atoms with Gasteiger partial charge >= 0.3 is 0 Å². The molecule has 0 saturated carbocycles. The van der Waals surface area contributed by atoms with Crippen LogP contribution in [0.3, 0.4) is 0 Å². The number of nitrogens with one attached hydrogen (secondary N) is 1. The number of amides is 1. The number of hydrogen-bond acceptors (Lipinski definition) is 9. The third kappa shape index (κ3) is 4.71. The summed E-state index contributed by atoms with van der Waals surface area (Å²) in [5.74, 6) is 2.55. The van der Waals surface area contributed by atoms with Gasteiger partial charge < -0.3 is 30.3 Å². The molecule has 0 bridgehead atoms. The molecule has 1 saturated heterocycles. The van der Waals surface area contributed by atoms with Gasteiger partial charge in [0.05, 0.1) is 26.3 Å². The molecule has 0 radical (unpaired) electrons. The van der Waals surface area contributed by atoms with Gasteiger partial charge in [0.15, 0.2) is 17.3 Å². The summed E-state index contributed by atoms with van der Waals surface area (Å²) in [5, 5.41) is 3.81. The topological polar surface area (TPSA) is 118 Å². The normalized spacial score (nSPS) is 16.7. The Kier molecular flexibility index (Phi) is 6.73. The molecule has 3 heterocycles. The first kappa shape index (κ1) is 24.6. The molecule has 0 atom stereocenters. The van der Waals surface area contributed by atoms with Gasteiger partial charge in [0.25, 0.3) is 5.91 Å². The molecular formula is C27H33N7O3. The predicted octanol–water partition coefficient (Wildman–Crippen LogP) is 2.23. The Bertz CT molecular complexity index is 1320. The lowest BCUT2D eigenvalue weighted by Gasteiger charge is -2.44. The molecule has 3 N–H and O–H groups in total. The zero-order valence-corrected chi connectivity index (χ0v) is 21.5. The lowest BCUT2D eigenvalue weighted by atomic mass is 9.72. The Balaban J connectivity index is 1.42. The van der Waals surface area contributed by atoms with Crippen LogP contribution >= 0.6 is 0 Å². The largest absolute Gasteiger partial charge is 0.493 e. The summed E-state index contributed by atoms with van der Waals surface area (Å²) < 4.78 is 10.9. The molecule has 2 aliphatic rings. The fourth-order valence-electron chi connectivity index (χ4n) is 5.32. The lowest BCUT2D eigenvalue weighted by Crippen LogP contribution is -2.52. The number of carbonyl (C=O) groups excluding carboxylic acids is 1. The van der Waals surface area contributed by atoms with Gasteiger partial charge in [-0.3, -0.25) is 9.79 Å². The molecule has 1 amide bonds. The van der Waals surface area contributed by atoms with Crippen LogP contribution in [0.25, 0.3) is 10.9 Å². The molecule has 2 aliphatic heterocycles. The number of amidine groups is 1. The van der Waals surface area contributed by atoms with E-state index >= 15 is 0 Å². The zero-order valence-electron chi connectivity index (χ0n) is 21.5. The molecule has 3 aromatic rings. The van der Waals surface area contributed by atoms with Crippen molar-refractivity contribution < 1.29 is 14.3 Å². The smallest absolute Gasteiger partial charge is 0.288 e. The lowest BCUT2D eigenvalue weighted by molar-refractivity contribution is -0.125. The number of aromatic nitrogens is 2. The second-order valence-electron chi connectivity index (χ2n) is 9.58. The molecule has 2 aromatic carbocycles. The minimum atomic E-state index is -0.178. The van der Waals surface area contributed by atoms with Gasteiger partial charge in [0, 0.05) is 50.1 Å². The first-order valence-electron chi connectivity index (χ1n) is 12.5. The first-order valence-corrected chi connectivity index (χ1v) is 12.5. The van der Waals surface area contributed by atoms with Gasteiger partial charge in [-0.1, -0.05) is 30.3 Å². The number of nitrogens with zero attached hydrogens (tertiary/aromatic N) is 5. The van der Waals surface area contributed by atoms with Crippen LogP contribution < -0.4 is 25.4 Å². The van der Waals surface area contributed by atoms with E-state index in [-0.39, 0.29) is 11.3 Å². The van der Waals surface area contributed by atoms with Crippen LogP contribution in [0.4, 0.5) is 11.8 Å². The molecular weight excluding hydrogens is 470 g/mol. The predicted molar refractivity (Wildman–Crippen MR) is 145 cm³/mol. The molecule has 0 spiro atoms. The maximum atomic E-state index is 12.9. The Hall–Kier alpha value is -4.08. The van der Waals surface area contributed by atoms with E-state index in [1.165, 1.54) is 5.56 Å². The maximum absolute atomic E-state index is 12.9. The minimum absolute atomic E-state index is 0.0115. The van der Waals surface area contributed by atoms with E-state index in [1.54, 1.807) is 20.3 Å². The molecule has 1 aromatic heterocycles. The molecule has 0 aliphatic carbocycles. The van der Waals surface area contributed by atoms with Crippen molar-refractivity contribution in [2.24, 2.45) is 4.99 Å². The summed E-state index contributed by atoms with van der Waals surface area (Å²) in [7, 11) is 5.17. The van der Waals surface area contributed by atoms with E-state index in [4.69, 9.17) is 20.2 Å². The van der Waals surface area contributed by atoms with Crippen LogP contribution in [0.2, 0.25) is 0 Å². The molecule has 1 fully saturated rings. The van der Waals surface area contributed by atoms with Crippen molar-refractivity contribution in [3.05, 3.63) is 48.0 Å². The summed E-state index contributed by atoms with van der Waals surface area (Å²) in [6.45, 7) is 3.36. The van der Waals surface area contributed by atoms with Crippen molar-refractivity contribution in [1.29, 1.82) is 0 Å². The Labute approximate surface area is 216 Å². The highest BCUT2D eigenvalue weighted by molar-refractivity contribution is 6.38. The van der Waals surface area contributed by atoms with Crippen LogP contribution in [-0.4, -0.2) is 80.6 Å². The van der Waals surface area contributed by atoms with E-state index in [2.05, 4.69) is 44.5 Å². The standard InChI is InChI=1S/C27H33N7O3/c1-33(26-31-20-16-22(37-3)21(36-2)15-19(20)23(28)32-26)17-27(18-7-5-4-6-8-18)9-13-34(14-10-27)25(35)24-29-11-12-30-24/h4-8,15-16H,9-14,17H2,1-3H3,(H,29,30)(H2,28,31,32). The van der Waals surface area contributed by atoms with Crippen LogP contribution in [-0.2, 0) is 10.2 Å². The number of nitrogen functional groups attached to an aromatic ring is 1. The van der Waals surface area contributed by atoms with Crippen LogP contribution in [0.1, 0.15) is 18.4 Å². The maximum Gasteiger partial charge on any atom is 0.288 e.